The molecule has 0 unspecified atom stereocenters. The minimum absolute atomic E-state index is 0.0930. The number of pyridine rings is 1. The molecule has 0 radical (unpaired) electrons. The third-order valence-corrected chi connectivity index (χ3v) is 2.77. The molecular formula is C15H25N. The third kappa shape index (κ3) is 2.63. The molecule has 0 fully saturated rings. The van der Waals surface area contributed by atoms with Gasteiger partial charge in [0, 0.05) is 15.1 Å². The Morgan fingerprint density at radius 3 is 1.62 bits per heavy atom. The van der Waals surface area contributed by atoms with Crippen LogP contribution in [0.25, 0.3) is 0 Å². The van der Waals surface area contributed by atoms with Gasteiger partial charge in [0.2, 0.25) is 0 Å². The largest absolute Gasteiger partial charge is 0.264 e. The highest BCUT2D eigenvalue weighted by atomic mass is 14.6. The number of hydrogen-bond donors (Lipinski definition) is 0. The second kappa shape index (κ2) is 4.57. The van der Waals surface area contributed by atoms with Crippen molar-refractivity contribution in [2.45, 2.75) is 65.7 Å². The number of aromatic nitrogens is 1. The van der Waals surface area contributed by atoms with E-state index < -0.39 is 11.8 Å². The van der Waals surface area contributed by atoms with Crippen LogP contribution < -0.4 is 0 Å². The van der Waals surface area contributed by atoms with E-state index in [1.807, 2.05) is 27.7 Å². The van der Waals surface area contributed by atoms with E-state index in [0.29, 0.717) is 0 Å². The fourth-order valence-electron chi connectivity index (χ4n) is 2.03. The van der Waals surface area contributed by atoms with Gasteiger partial charge >= 0.3 is 0 Å². The maximum Gasteiger partial charge on any atom is 0.0347 e. The third-order valence-electron chi connectivity index (χ3n) is 2.77. The fourth-order valence-corrected chi connectivity index (χ4v) is 2.03. The number of rotatable bonds is 2. The lowest BCUT2D eigenvalue weighted by atomic mass is 9.77. The summed E-state index contributed by atoms with van der Waals surface area (Å²) < 4.78 is 16.6. The van der Waals surface area contributed by atoms with Crippen molar-refractivity contribution in [3.63, 3.8) is 0 Å². The smallest absolute Gasteiger partial charge is 0.0347 e. The van der Waals surface area contributed by atoms with Crippen LogP contribution in [0.1, 0.15) is 79.7 Å². The summed E-state index contributed by atoms with van der Waals surface area (Å²) in [7, 11) is 0. The van der Waals surface area contributed by atoms with Gasteiger partial charge in [0.05, 0.1) is 0 Å². The van der Waals surface area contributed by atoms with Crippen LogP contribution in [0.15, 0.2) is 12.4 Å². The molecule has 0 atom stereocenters. The van der Waals surface area contributed by atoms with Gasteiger partial charge in [-0.2, -0.15) is 0 Å². The summed E-state index contributed by atoms with van der Waals surface area (Å²) >= 11 is 0. The maximum atomic E-state index is 8.29. The van der Waals surface area contributed by atoms with E-state index in [9.17, 15) is 0 Å². The molecule has 1 heterocycles. The van der Waals surface area contributed by atoms with Crippen LogP contribution in [-0.2, 0) is 5.41 Å². The zero-order chi connectivity index (χ0) is 14.4. The van der Waals surface area contributed by atoms with Crippen LogP contribution in [0.5, 0.6) is 0 Å². The van der Waals surface area contributed by atoms with Gasteiger partial charge in [-0.05, 0) is 33.9 Å². The normalized spacial score (nSPS) is 15.7. The van der Waals surface area contributed by atoms with Gasteiger partial charge in [0.15, 0.2) is 0 Å². The summed E-state index contributed by atoms with van der Waals surface area (Å²) in [5, 5.41) is 0. The monoisotopic (exact) mass is 221 g/mol. The first kappa shape index (κ1) is 10.3. The van der Waals surface area contributed by atoms with Gasteiger partial charge in [-0.3, -0.25) is 4.98 Å². The molecule has 1 nitrogen and oxygen atoms in total. The van der Waals surface area contributed by atoms with Gasteiger partial charge in [-0.25, -0.2) is 0 Å². The Hall–Kier alpha value is -0.850. The van der Waals surface area contributed by atoms with E-state index in [1.54, 1.807) is 12.4 Å². The van der Waals surface area contributed by atoms with Crippen LogP contribution in [0.4, 0.5) is 0 Å². The highest BCUT2D eigenvalue weighted by Crippen LogP contribution is 2.35. The predicted octanol–water partition coefficient (Wildman–Crippen LogP) is 4.63. The summed E-state index contributed by atoms with van der Waals surface area (Å²) in [5.74, 6) is -1.40. The zero-order valence-electron chi connectivity index (χ0n) is 13.6. The topological polar surface area (TPSA) is 12.9 Å². The molecule has 16 heavy (non-hydrogen) atoms. The van der Waals surface area contributed by atoms with Crippen LogP contribution in [0, 0.1) is 0 Å². The Bertz CT molecular complexity index is 399. The molecule has 90 valence electrons. The van der Waals surface area contributed by atoms with Gasteiger partial charge in [0.25, 0.3) is 0 Å². The molecule has 1 aromatic heterocycles. The summed E-state index contributed by atoms with van der Waals surface area (Å²) in [4.78, 5) is 4.25. The molecule has 0 saturated heterocycles. The second-order valence-electron chi connectivity index (χ2n) is 5.86. The van der Waals surface area contributed by atoms with Crippen molar-refractivity contribution in [2.75, 3.05) is 0 Å². The van der Waals surface area contributed by atoms with Crippen molar-refractivity contribution in [3.05, 3.63) is 29.1 Å². The van der Waals surface area contributed by atoms with Gasteiger partial charge in [-0.1, -0.05) is 48.5 Å². The maximum absolute atomic E-state index is 8.29. The van der Waals surface area contributed by atoms with E-state index in [1.165, 1.54) is 0 Å². The van der Waals surface area contributed by atoms with Crippen LogP contribution >= 0.6 is 0 Å². The summed E-state index contributed by atoms with van der Waals surface area (Å²) in [6.45, 7) is 13.9. The van der Waals surface area contributed by atoms with Crippen molar-refractivity contribution in [2.24, 2.45) is 0 Å². The van der Waals surface area contributed by atoms with Crippen molar-refractivity contribution in [1.29, 1.82) is 0 Å². The summed E-state index contributed by atoms with van der Waals surface area (Å²) in [6, 6.07) is 0. The first-order valence-corrected chi connectivity index (χ1v) is 5.84. The van der Waals surface area contributed by atoms with Gasteiger partial charge in [0.1, 0.15) is 0 Å². The Labute approximate surface area is 103 Å². The molecule has 0 aromatic carbocycles. The average Bonchev–Trinajstić information content (AvgIpc) is 2.12. The molecule has 0 aliphatic carbocycles. The standard InChI is InChI=1S/C15H25N/c1-10(2)12-8-16-9-13(11(3)4)14(12)15(5,6)7/h8-11H,1-7H3/i10D,11D. The van der Waals surface area contributed by atoms with Crippen molar-refractivity contribution in [1.82, 2.24) is 4.98 Å². The van der Waals surface area contributed by atoms with Crippen LogP contribution in [0.3, 0.4) is 0 Å². The number of hydrogen-bond acceptors (Lipinski definition) is 1. The molecule has 1 heteroatoms. The molecule has 1 aromatic rings. The molecule has 0 amide bonds. The molecule has 0 spiro atoms. The van der Waals surface area contributed by atoms with Crippen LogP contribution in [-0.4, -0.2) is 4.98 Å². The number of nitrogens with zero attached hydrogens (tertiary/aromatic N) is 1. The highest BCUT2D eigenvalue weighted by Gasteiger charge is 2.24. The molecule has 0 N–H and O–H groups in total. The van der Waals surface area contributed by atoms with Gasteiger partial charge in [-0.15, -0.1) is 0 Å². The molecule has 0 bridgehead atoms. The summed E-state index contributed by atoms with van der Waals surface area (Å²) in [5.41, 5.74) is 2.85. The first-order valence-electron chi connectivity index (χ1n) is 6.84. The lowest BCUT2D eigenvalue weighted by Gasteiger charge is -2.29. The Morgan fingerprint density at radius 1 is 1.00 bits per heavy atom. The predicted molar refractivity (Wildman–Crippen MR) is 71.1 cm³/mol. The average molecular weight is 221 g/mol. The fraction of sp³-hybridized carbons (Fsp3) is 0.667. The first-order chi connectivity index (χ1) is 7.85. The van der Waals surface area contributed by atoms with E-state index in [-0.39, 0.29) is 5.41 Å². The zero-order valence-corrected chi connectivity index (χ0v) is 11.6. The molecule has 1 rings (SSSR count). The summed E-state index contributed by atoms with van der Waals surface area (Å²) in [6.07, 6.45) is 3.56. The molecular weight excluding hydrogens is 194 g/mol. The van der Waals surface area contributed by atoms with Crippen molar-refractivity contribution < 1.29 is 2.74 Å². The van der Waals surface area contributed by atoms with E-state index in [0.717, 1.165) is 16.7 Å². The Kier molecular flexibility index (Phi) is 2.94. The van der Waals surface area contributed by atoms with Gasteiger partial charge < -0.3 is 0 Å². The highest BCUT2D eigenvalue weighted by molar-refractivity contribution is 5.40. The van der Waals surface area contributed by atoms with Crippen molar-refractivity contribution >= 4 is 0 Å². The van der Waals surface area contributed by atoms with E-state index in [2.05, 4.69) is 25.8 Å². The van der Waals surface area contributed by atoms with Crippen LogP contribution in [0.2, 0.25) is 0 Å². The van der Waals surface area contributed by atoms with E-state index >= 15 is 0 Å². The SMILES string of the molecule is [2H]C(C)(C)c1cncc(C([2H])(C)C)c1C(C)(C)C. The molecule has 0 saturated carbocycles. The minimum atomic E-state index is -0.698. The molecule has 0 aliphatic heterocycles. The quantitative estimate of drug-likeness (QED) is 0.709. The Morgan fingerprint density at radius 2 is 1.38 bits per heavy atom. The Balaban J connectivity index is 3.68. The minimum Gasteiger partial charge on any atom is -0.264 e. The van der Waals surface area contributed by atoms with E-state index in [4.69, 9.17) is 2.74 Å². The molecule has 0 aliphatic rings. The van der Waals surface area contributed by atoms with Crippen molar-refractivity contribution in [3.8, 4) is 0 Å². The second-order valence-corrected chi connectivity index (χ2v) is 5.86. The lowest BCUT2D eigenvalue weighted by molar-refractivity contribution is 0.561. The lowest BCUT2D eigenvalue weighted by Crippen LogP contribution is -2.19.